The summed E-state index contributed by atoms with van der Waals surface area (Å²) in [6, 6.07) is 3.07. The Morgan fingerprint density at radius 1 is 1.32 bits per heavy atom. The predicted molar refractivity (Wildman–Crippen MR) is 81.0 cm³/mol. The topological polar surface area (TPSA) is 39.1 Å². The number of nitriles is 1. The predicted octanol–water partition coefficient (Wildman–Crippen LogP) is 3.17. The molecule has 3 nitrogen and oxygen atoms in total. The second-order valence-corrected chi connectivity index (χ2v) is 6.19. The summed E-state index contributed by atoms with van der Waals surface area (Å²) >= 11 is 0. The summed E-state index contributed by atoms with van der Waals surface area (Å²) in [6.07, 6.45) is 5.91. The van der Waals surface area contributed by atoms with Crippen molar-refractivity contribution in [3.05, 3.63) is 0 Å². The van der Waals surface area contributed by atoms with Gasteiger partial charge in [-0.15, -0.1) is 0 Å². The van der Waals surface area contributed by atoms with Crippen LogP contribution in [0.1, 0.15) is 59.8 Å². The van der Waals surface area contributed by atoms with Gasteiger partial charge in [-0.2, -0.15) is 5.26 Å². The van der Waals surface area contributed by atoms with Gasteiger partial charge in [0.1, 0.15) is 5.54 Å². The summed E-state index contributed by atoms with van der Waals surface area (Å²) in [5.41, 5.74) is -0.345. The summed E-state index contributed by atoms with van der Waals surface area (Å²) in [7, 11) is 0. The van der Waals surface area contributed by atoms with Crippen LogP contribution in [-0.2, 0) is 0 Å². The Bertz CT molecular complexity index is 289. The number of nitrogens with one attached hydrogen (secondary N) is 1. The highest BCUT2D eigenvalue weighted by molar-refractivity contribution is 5.07. The van der Waals surface area contributed by atoms with Crippen molar-refractivity contribution in [2.45, 2.75) is 71.4 Å². The fourth-order valence-corrected chi connectivity index (χ4v) is 2.51. The van der Waals surface area contributed by atoms with Crippen LogP contribution in [0.15, 0.2) is 0 Å². The molecule has 1 aliphatic carbocycles. The van der Waals surface area contributed by atoms with Gasteiger partial charge in [-0.05, 0) is 38.6 Å². The molecule has 0 saturated heterocycles. The van der Waals surface area contributed by atoms with E-state index in [2.05, 4.69) is 44.0 Å². The first-order valence-electron chi connectivity index (χ1n) is 7.98. The van der Waals surface area contributed by atoms with Crippen molar-refractivity contribution in [1.82, 2.24) is 10.2 Å². The van der Waals surface area contributed by atoms with E-state index in [0.717, 1.165) is 25.4 Å². The van der Waals surface area contributed by atoms with Gasteiger partial charge in [-0.25, -0.2) is 0 Å². The van der Waals surface area contributed by atoms with E-state index in [1.165, 1.54) is 32.2 Å². The molecule has 1 fully saturated rings. The molecule has 19 heavy (non-hydrogen) atoms. The van der Waals surface area contributed by atoms with Crippen LogP contribution >= 0.6 is 0 Å². The SMILES string of the molecule is CCC(CC)CN(CC)CCC(C)(C#N)NC1CC1. The van der Waals surface area contributed by atoms with E-state index in [0.29, 0.717) is 6.04 Å². The van der Waals surface area contributed by atoms with Gasteiger partial charge >= 0.3 is 0 Å². The molecule has 1 saturated carbocycles. The van der Waals surface area contributed by atoms with Crippen LogP contribution in [-0.4, -0.2) is 36.1 Å². The maximum absolute atomic E-state index is 9.39. The first-order chi connectivity index (χ1) is 9.06. The van der Waals surface area contributed by atoms with E-state index in [4.69, 9.17) is 0 Å². The van der Waals surface area contributed by atoms with Crippen molar-refractivity contribution in [2.24, 2.45) is 5.92 Å². The first-order valence-corrected chi connectivity index (χ1v) is 7.98. The van der Waals surface area contributed by atoms with Gasteiger partial charge in [-0.3, -0.25) is 5.32 Å². The number of hydrogen-bond acceptors (Lipinski definition) is 3. The van der Waals surface area contributed by atoms with Crippen molar-refractivity contribution < 1.29 is 0 Å². The molecule has 0 amide bonds. The molecule has 0 aliphatic heterocycles. The first kappa shape index (κ1) is 16.5. The van der Waals surface area contributed by atoms with Crippen molar-refractivity contribution in [3.8, 4) is 6.07 Å². The van der Waals surface area contributed by atoms with Crippen LogP contribution in [0.4, 0.5) is 0 Å². The third-order valence-electron chi connectivity index (χ3n) is 4.39. The van der Waals surface area contributed by atoms with Crippen LogP contribution in [0.2, 0.25) is 0 Å². The fourth-order valence-electron chi connectivity index (χ4n) is 2.51. The standard InChI is InChI=1S/C16H31N3/c1-5-14(6-2)12-19(7-3)11-10-16(4,13-17)18-15-8-9-15/h14-15,18H,5-12H2,1-4H3. The quantitative estimate of drug-likeness (QED) is 0.659. The van der Waals surface area contributed by atoms with Gasteiger partial charge in [0, 0.05) is 19.1 Å². The number of nitrogens with zero attached hydrogens (tertiary/aromatic N) is 2. The summed E-state index contributed by atoms with van der Waals surface area (Å²) in [5, 5.41) is 12.9. The van der Waals surface area contributed by atoms with E-state index < -0.39 is 0 Å². The molecule has 1 N–H and O–H groups in total. The van der Waals surface area contributed by atoms with Gasteiger partial charge < -0.3 is 4.90 Å². The Morgan fingerprint density at radius 2 is 1.95 bits per heavy atom. The average Bonchev–Trinajstić information content (AvgIpc) is 3.23. The van der Waals surface area contributed by atoms with Crippen molar-refractivity contribution in [3.63, 3.8) is 0 Å². The van der Waals surface area contributed by atoms with Gasteiger partial charge in [0.25, 0.3) is 0 Å². The molecule has 1 aliphatic rings. The highest BCUT2D eigenvalue weighted by atomic mass is 15.1. The van der Waals surface area contributed by atoms with Crippen LogP contribution in [0.3, 0.4) is 0 Å². The van der Waals surface area contributed by atoms with E-state index in [1.54, 1.807) is 0 Å². The van der Waals surface area contributed by atoms with Gasteiger partial charge in [0.15, 0.2) is 0 Å². The number of hydrogen-bond donors (Lipinski definition) is 1. The van der Waals surface area contributed by atoms with E-state index >= 15 is 0 Å². The summed E-state index contributed by atoms with van der Waals surface area (Å²) in [5.74, 6) is 0.796. The largest absolute Gasteiger partial charge is 0.303 e. The van der Waals surface area contributed by atoms with Crippen molar-refractivity contribution >= 4 is 0 Å². The maximum Gasteiger partial charge on any atom is 0.105 e. The minimum atomic E-state index is -0.345. The molecule has 0 heterocycles. The molecule has 110 valence electrons. The second kappa shape index (κ2) is 7.87. The second-order valence-electron chi connectivity index (χ2n) is 6.19. The Hall–Kier alpha value is -0.590. The maximum atomic E-state index is 9.39. The smallest absolute Gasteiger partial charge is 0.105 e. The summed E-state index contributed by atoms with van der Waals surface area (Å²) in [4.78, 5) is 2.50. The minimum absolute atomic E-state index is 0.345. The van der Waals surface area contributed by atoms with Crippen LogP contribution in [0, 0.1) is 17.2 Å². The number of rotatable bonds is 10. The lowest BCUT2D eigenvalue weighted by atomic mass is 9.98. The summed E-state index contributed by atoms with van der Waals surface area (Å²) < 4.78 is 0. The molecular formula is C16H31N3. The molecule has 3 heteroatoms. The van der Waals surface area contributed by atoms with Gasteiger partial charge in [-0.1, -0.05) is 33.6 Å². The molecular weight excluding hydrogens is 234 g/mol. The van der Waals surface area contributed by atoms with Crippen LogP contribution in [0.25, 0.3) is 0 Å². The molecule has 0 bridgehead atoms. The molecule has 0 aromatic rings. The van der Waals surface area contributed by atoms with E-state index in [9.17, 15) is 5.26 Å². The molecule has 0 aromatic heterocycles. The molecule has 1 atom stereocenters. The zero-order valence-electron chi connectivity index (χ0n) is 13.2. The zero-order valence-corrected chi connectivity index (χ0v) is 13.2. The Labute approximate surface area is 119 Å². The normalized spacial score (nSPS) is 18.6. The van der Waals surface area contributed by atoms with Crippen molar-refractivity contribution in [1.29, 1.82) is 5.26 Å². The molecule has 0 radical (unpaired) electrons. The van der Waals surface area contributed by atoms with E-state index in [1.807, 2.05) is 0 Å². The van der Waals surface area contributed by atoms with Crippen LogP contribution in [0.5, 0.6) is 0 Å². The lowest BCUT2D eigenvalue weighted by Gasteiger charge is -2.29. The molecule has 1 rings (SSSR count). The highest BCUT2D eigenvalue weighted by Gasteiger charge is 2.32. The third kappa shape index (κ3) is 5.93. The monoisotopic (exact) mass is 265 g/mol. The Morgan fingerprint density at radius 3 is 2.37 bits per heavy atom. The third-order valence-corrected chi connectivity index (χ3v) is 4.39. The molecule has 0 aromatic carbocycles. The van der Waals surface area contributed by atoms with Gasteiger partial charge in [0.05, 0.1) is 6.07 Å². The average molecular weight is 265 g/mol. The molecule has 1 unspecified atom stereocenters. The van der Waals surface area contributed by atoms with Gasteiger partial charge in [0.2, 0.25) is 0 Å². The summed E-state index contributed by atoms with van der Waals surface area (Å²) in [6.45, 7) is 12.1. The Balaban J connectivity index is 2.39. The highest BCUT2D eigenvalue weighted by Crippen LogP contribution is 2.24. The molecule has 0 spiro atoms. The minimum Gasteiger partial charge on any atom is -0.303 e. The fraction of sp³-hybridized carbons (Fsp3) is 0.938. The zero-order chi connectivity index (χ0) is 14.3. The lowest BCUT2D eigenvalue weighted by molar-refractivity contribution is 0.213. The van der Waals surface area contributed by atoms with Crippen LogP contribution < -0.4 is 5.32 Å². The Kier molecular flexibility index (Phi) is 6.82. The van der Waals surface area contributed by atoms with E-state index in [-0.39, 0.29) is 5.54 Å². The van der Waals surface area contributed by atoms with Crippen molar-refractivity contribution in [2.75, 3.05) is 19.6 Å². The lowest BCUT2D eigenvalue weighted by Crippen LogP contribution is -2.45.